The van der Waals surface area contributed by atoms with E-state index >= 15 is 0 Å². The molecule has 0 aliphatic heterocycles. The summed E-state index contributed by atoms with van der Waals surface area (Å²) in [6, 6.07) is 5.64. The van der Waals surface area contributed by atoms with Gasteiger partial charge in [0, 0.05) is 12.1 Å². The van der Waals surface area contributed by atoms with E-state index in [0.29, 0.717) is 18.0 Å². The number of hydrogen-bond donors (Lipinski definition) is 2. The molecule has 0 spiro atoms. The second-order valence-electron chi connectivity index (χ2n) is 4.23. The van der Waals surface area contributed by atoms with Crippen molar-refractivity contribution in [2.75, 3.05) is 20.3 Å². The first kappa shape index (κ1) is 15.3. The number of unbranched alkanes of at least 4 members (excludes halogenated alkanes) is 1. The fourth-order valence-electron chi connectivity index (χ4n) is 1.69. The lowest BCUT2D eigenvalue weighted by atomic mass is 10.2. The van der Waals surface area contributed by atoms with Gasteiger partial charge in [0.05, 0.1) is 7.11 Å². The minimum atomic E-state index is -0.504. The van der Waals surface area contributed by atoms with E-state index in [4.69, 9.17) is 15.2 Å². The minimum Gasteiger partial charge on any atom is -0.493 e. The molecule has 0 heterocycles. The lowest BCUT2D eigenvalue weighted by molar-refractivity contribution is -0.119. The van der Waals surface area contributed by atoms with Gasteiger partial charge in [-0.15, -0.1) is 0 Å². The molecule has 1 aromatic carbocycles. The Labute approximate surface area is 114 Å². The lowest BCUT2D eigenvalue weighted by Gasteiger charge is -2.14. The van der Waals surface area contributed by atoms with Crippen molar-refractivity contribution in [1.82, 2.24) is 5.32 Å². The monoisotopic (exact) mass is 266 g/mol. The molecule has 0 fully saturated rings. The quantitative estimate of drug-likeness (QED) is 0.663. The second-order valence-corrected chi connectivity index (χ2v) is 4.23. The van der Waals surface area contributed by atoms with Gasteiger partial charge >= 0.3 is 0 Å². The molecule has 1 rings (SSSR count). The van der Waals surface area contributed by atoms with E-state index in [1.807, 2.05) is 12.1 Å². The summed E-state index contributed by atoms with van der Waals surface area (Å²) >= 11 is 0. The molecule has 0 atom stereocenters. The van der Waals surface area contributed by atoms with E-state index < -0.39 is 5.91 Å². The van der Waals surface area contributed by atoms with Gasteiger partial charge in [-0.2, -0.15) is 0 Å². The van der Waals surface area contributed by atoms with Crippen LogP contribution in [0.5, 0.6) is 11.5 Å². The number of nitrogens with two attached hydrogens (primary N) is 1. The van der Waals surface area contributed by atoms with Crippen LogP contribution < -0.4 is 20.5 Å². The highest BCUT2D eigenvalue weighted by atomic mass is 16.5. The van der Waals surface area contributed by atoms with E-state index in [1.54, 1.807) is 13.2 Å². The van der Waals surface area contributed by atoms with Crippen LogP contribution in [0.2, 0.25) is 0 Å². The van der Waals surface area contributed by atoms with Gasteiger partial charge in [-0.05, 0) is 19.0 Å². The van der Waals surface area contributed by atoms with Gasteiger partial charge in [-0.3, -0.25) is 4.79 Å². The van der Waals surface area contributed by atoms with E-state index in [2.05, 4.69) is 12.2 Å². The second kappa shape index (κ2) is 8.37. The molecular weight excluding hydrogens is 244 g/mol. The molecule has 3 N–H and O–H groups in total. The SMILES string of the molecule is CCCCNCc1cccc(OC)c1OCC(N)=O. The molecule has 1 amide bonds. The minimum absolute atomic E-state index is 0.150. The Balaban J connectivity index is 2.73. The molecule has 0 unspecified atom stereocenters. The zero-order valence-corrected chi connectivity index (χ0v) is 11.6. The van der Waals surface area contributed by atoms with Gasteiger partial charge in [0.15, 0.2) is 18.1 Å². The van der Waals surface area contributed by atoms with E-state index in [1.165, 1.54) is 0 Å². The Morgan fingerprint density at radius 1 is 1.42 bits per heavy atom. The number of primary amides is 1. The summed E-state index contributed by atoms with van der Waals surface area (Å²) < 4.78 is 10.7. The molecule has 0 aliphatic carbocycles. The Morgan fingerprint density at radius 2 is 2.21 bits per heavy atom. The fourth-order valence-corrected chi connectivity index (χ4v) is 1.69. The van der Waals surface area contributed by atoms with Crippen LogP contribution in [0.25, 0.3) is 0 Å². The maximum absolute atomic E-state index is 10.8. The molecule has 0 aliphatic rings. The number of nitrogens with one attached hydrogen (secondary N) is 1. The first-order chi connectivity index (χ1) is 9.19. The number of para-hydroxylation sites is 1. The molecule has 0 bridgehead atoms. The molecular formula is C14H22N2O3. The van der Waals surface area contributed by atoms with Crippen LogP contribution in [0.4, 0.5) is 0 Å². The third-order valence-corrected chi connectivity index (χ3v) is 2.66. The molecule has 1 aromatic rings. The van der Waals surface area contributed by atoms with Crippen LogP contribution in [0.3, 0.4) is 0 Å². The number of methoxy groups -OCH3 is 1. The summed E-state index contributed by atoms with van der Waals surface area (Å²) in [5.41, 5.74) is 6.06. The van der Waals surface area contributed by atoms with Crippen molar-refractivity contribution in [3.8, 4) is 11.5 Å². The van der Waals surface area contributed by atoms with E-state index in [0.717, 1.165) is 24.9 Å². The number of amides is 1. The smallest absolute Gasteiger partial charge is 0.255 e. The zero-order chi connectivity index (χ0) is 14.1. The summed E-state index contributed by atoms with van der Waals surface area (Å²) in [5.74, 6) is 0.680. The average Bonchev–Trinajstić information content (AvgIpc) is 2.41. The van der Waals surface area contributed by atoms with Crippen LogP contribution in [0.15, 0.2) is 18.2 Å². The van der Waals surface area contributed by atoms with Crippen molar-refractivity contribution < 1.29 is 14.3 Å². The third-order valence-electron chi connectivity index (χ3n) is 2.66. The summed E-state index contributed by atoms with van der Waals surface area (Å²) in [6.45, 7) is 3.62. The van der Waals surface area contributed by atoms with Gasteiger partial charge in [0.2, 0.25) is 0 Å². The van der Waals surface area contributed by atoms with Crippen LogP contribution >= 0.6 is 0 Å². The normalized spacial score (nSPS) is 10.2. The highest BCUT2D eigenvalue weighted by molar-refractivity contribution is 5.75. The Hall–Kier alpha value is -1.75. The summed E-state index contributed by atoms with van der Waals surface area (Å²) in [7, 11) is 1.57. The summed E-state index contributed by atoms with van der Waals surface area (Å²) in [5, 5.41) is 3.33. The first-order valence-corrected chi connectivity index (χ1v) is 6.46. The van der Waals surface area contributed by atoms with Crippen molar-refractivity contribution in [1.29, 1.82) is 0 Å². The van der Waals surface area contributed by atoms with E-state index in [-0.39, 0.29) is 6.61 Å². The zero-order valence-electron chi connectivity index (χ0n) is 11.6. The number of carbonyl (C=O) groups excluding carboxylic acids is 1. The number of benzene rings is 1. The number of rotatable bonds is 9. The van der Waals surface area contributed by atoms with Gasteiger partial charge in [-0.25, -0.2) is 0 Å². The topological polar surface area (TPSA) is 73.6 Å². The Morgan fingerprint density at radius 3 is 2.84 bits per heavy atom. The Kier molecular flexibility index (Phi) is 6.74. The summed E-state index contributed by atoms with van der Waals surface area (Å²) in [4.78, 5) is 10.8. The third kappa shape index (κ3) is 5.18. The van der Waals surface area contributed by atoms with Crippen molar-refractivity contribution in [3.63, 3.8) is 0 Å². The molecule has 0 saturated carbocycles. The first-order valence-electron chi connectivity index (χ1n) is 6.46. The van der Waals surface area contributed by atoms with Crippen molar-refractivity contribution >= 4 is 5.91 Å². The van der Waals surface area contributed by atoms with Gasteiger partial charge in [0.25, 0.3) is 5.91 Å². The maximum atomic E-state index is 10.8. The molecule has 5 heteroatoms. The molecule has 5 nitrogen and oxygen atoms in total. The number of ether oxygens (including phenoxy) is 2. The van der Waals surface area contributed by atoms with Crippen LogP contribution in [0, 0.1) is 0 Å². The molecule has 0 aromatic heterocycles. The maximum Gasteiger partial charge on any atom is 0.255 e. The van der Waals surface area contributed by atoms with Crippen molar-refractivity contribution in [2.45, 2.75) is 26.3 Å². The van der Waals surface area contributed by atoms with Crippen LogP contribution in [-0.4, -0.2) is 26.2 Å². The van der Waals surface area contributed by atoms with Crippen molar-refractivity contribution in [3.05, 3.63) is 23.8 Å². The van der Waals surface area contributed by atoms with E-state index in [9.17, 15) is 4.79 Å². The molecule has 106 valence electrons. The van der Waals surface area contributed by atoms with Gasteiger partial charge < -0.3 is 20.5 Å². The highest BCUT2D eigenvalue weighted by Crippen LogP contribution is 2.30. The average molecular weight is 266 g/mol. The van der Waals surface area contributed by atoms with Crippen LogP contribution in [-0.2, 0) is 11.3 Å². The number of carbonyl (C=O) groups is 1. The van der Waals surface area contributed by atoms with Gasteiger partial charge in [-0.1, -0.05) is 25.5 Å². The molecule has 19 heavy (non-hydrogen) atoms. The predicted molar refractivity (Wildman–Crippen MR) is 74.3 cm³/mol. The van der Waals surface area contributed by atoms with Crippen LogP contribution in [0.1, 0.15) is 25.3 Å². The highest BCUT2D eigenvalue weighted by Gasteiger charge is 2.11. The standard InChI is InChI=1S/C14H22N2O3/c1-3-4-8-16-9-11-6-5-7-12(18-2)14(11)19-10-13(15)17/h5-7,16H,3-4,8-10H2,1-2H3,(H2,15,17). The van der Waals surface area contributed by atoms with Crippen molar-refractivity contribution in [2.24, 2.45) is 5.73 Å². The Bertz CT molecular complexity index is 408. The molecule has 0 radical (unpaired) electrons. The predicted octanol–water partition coefficient (Wildman–Crippen LogP) is 1.45. The summed E-state index contributed by atoms with van der Waals surface area (Å²) in [6.07, 6.45) is 2.28. The lowest BCUT2D eigenvalue weighted by Crippen LogP contribution is -2.21. The largest absolute Gasteiger partial charge is 0.493 e. The molecule has 0 saturated heterocycles. The van der Waals surface area contributed by atoms with Gasteiger partial charge in [0.1, 0.15) is 0 Å². The fraction of sp³-hybridized carbons (Fsp3) is 0.500. The number of hydrogen-bond acceptors (Lipinski definition) is 4.